The van der Waals surface area contributed by atoms with Crippen LogP contribution in [-0.2, 0) is 16.4 Å². The Kier molecular flexibility index (Phi) is 6.58. The van der Waals surface area contributed by atoms with Crippen molar-refractivity contribution in [1.29, 1.82) is 0 Å². The Bertz CT molecular complexity index is 1320. The van der Waals surface area contributed by atoms with Gasteiger partial charge in [0.15, 0.2) is 0 Å². The lowest BCUT2D eigenvalue weighted by Gasteiger charge is -2.30. The van der Waals surface area contributed by atoms with E-state index in [1.807, 2.05) is 12.1 Å². The van der Waals surface area contributed by atoms with E-state index >= 15 is 0 Å². The molecule has 2 atom stereocenters. The molecule has 0 saturated carbocycles. The molecule has 4 rings (SSSR count). The van der Waals surface area contributed by atoms with E-state index in [4.69, 9.17) is 4.74 Å². The van der Waals surface area contributed by atoms with E-state index in [1.165, 1.54) is 22.9 Å². The van der Waals surface area contributed by atoms with Crippen molar-refractivity contribution in [2.75, 3.05) is 11.3 Å². The van der Waals surface area contributed by atoms with E-state index < -0.39 is 33.1 Å². The third-order valence-electron chi connectivity index (χ3n) is 5.33. The number of alkyl halides is 3. The molecule has 0 radical (unpaired) electrons. The molecule has 0 saturated heterocycles. The summed E-state index contributed by atoms with van der Waals surface area (Å²) in [4.78, 5) is 4.30. The average Bonchev–Trinajstić information content (AvgIpc) is 2.77. The number of aliphatic hydroxyl groups is 1. The van der Waals surface area contributed by atoms with Gasteiger partial charge in [-0.05, 0) is 64.3 Å². The van der Waals surface area contributed by atoms with Gasteiger partial charge in [-0.3, -0.25) is 9.71 Å². The third kappa shape index (κ3) is 5.03. The first kappa shape index (κ1) is 24.4. The minimum absolute atomic E-state index is 0.116. The van der Waals surface area contributed by atoms with Crippen LogP contribution in [-0.4, -0.2) is 30.6 Å². The number of aromatic nitrogens is 1. The van der Waals surface area contributed by atoms with Crippen molar-refractivity contribution >= 4 is 31.6 Å². The number of halogens is 5. The summed E-state index contributed by atoms with van der Waals surface area (Å²) in [5, 5.41) is 10.8. The first-order valence-electron chi connectivity index (χ1n) is 9.89. The molecule has 12 heteroatoms. The standard InChI is InChI=1S/C22H17BrF4N2O4S/c23-14-2-4-16(28-10-14)7-13-11-33-20-8-12(1-5-17(20)21(13)30)18-9-15(24)3-6-19(18)29-34(31,32)22(25,26)27/h1-6,8-10,13,21,29-30H,7,11H2/t13?,21-/m1/s1. The number of fused-ring (bicyclic) bond motifs is 1. The lowest BCUT2D eigenvalue weighted by Crippen LogP contribution is -2.30. The fraction of sp³-hybridized carbons (Fsp3) is 0.227. The Labute approximate surface area is 200 Å². The van der Waals surface area contributed by atoms with Gasteiger partial charge in [-0.25, -0.2) is 4.39 Å². The fourth-order valence-electron chi connectivity index (χ4n) is 3.63. The van der Waals surface area contributed by atoms with Crippen LogP contribution in [0.2, 0.25) is 0 Å². The van der Waals surface area contributed by atoms with Gasteiger partial charge in [0.2, 0.25) is 0 Å². The molecular formula is C22H17BrF4N2O4S. The molecule has 34 heavy (non-hydrogen) atoms. The van der Waals surface area contributed by atoms with Crippen LogP contribution < -0.4 is 9.46 Å². The summed E-state index contributed by atoms with van der Waals surface area (Å²) >= 11 is 3.31. The Balaban J connectivity index is 1.63. The van der Waals surface area contributed by atoms with E-state index in [1.54, 1.807) is 6.20 Å². The van der Waals surface area contributed by atoms with E-state index in [2.05, 4.69) is 20.9 Å². The number of hydrogen-bond donors (Lipinski definition) is 2. The zero-order valence-corrected chi connectivity index (χ0v) is 19.6. The van der Waals surface area contributed by atoms with Gasteiger partial charge in [0.05, 0.1) is 18.4 Å². The van der Waals surface area contributed by atoms with Crippen LogP contribution in [0.4, 0.5) is 23.2 Å². The molecule has 3 aromatic rings. The van der Waals surface area contributed by atoms with Gasteiger partial charge < -0.3 is 9.84 Å². The van der Waals surface area contributed by atoms with E-state index in [0.29, 0.717) is 12.0 Å². The molecule has 2 heterocycles. The largest absolute Gasteiger partial charge is 0.516 e. The highest BCUT2D eigenvalue weighted by atomic mass is 79.9. The van der Waals surface area contributed by atoms with Crippen LogP contribution in [0.5, 0.6) is 5.75 Å². The van der Waals surface area contributed by atoms with Crippen molar-refractivity contribution in [3.8, 4) is 16.9 Å². The summed E-state index contributed by atoms with van der Waals surface area (Å²) in [5.41, 5.74) is -4.69. The van der Waals surface area contributed by atoms with Gasteiger partial charge >= 0.3 is 15.5 Å². The number of pyridine rings is 1. The Morgan fingerprint density at radius 1 is 1.15 bits per heavy atom. The molecule has 1 aromatic heterocycles. The summed E-state index contributed by atoms with van der Waals surface area (Å²) in [6.07, 6.45) is 1.19. The zero-order valence-electron chi connectivity index (χ0n) is 17.2. The lowest BCUT2D eigenvalue weighted by atomic mass is 9.88. The van der Waals surface area contributed by atoms with Gasteiger partial charge in [-0.2, -0.15) is 21.6 Å². The number of anilines is 1. The summed E-state index contributed by atoms with van der Waals surface area (Å²) in [7, 11) is -5.71. The summed E-state index contributed by atoms with van der Waals surface area (Å²) < 4.78 is 83.6. The number of sulfonamides is 1. The molecule has 1 unspecified atom stereocenters. The maximum Gasteiger partial charge on any atom is 0.516 e. The van der Waals surface area contributed by atoms with Crippen LogP contribution in [0, 0.1) is 11.7 Å². The van der Waals surface area contributed by atoms with Crippen LogP contribution in [0.3, 0.4) is 0 Å². The SMILES string of the molecule is O=S(=O)(Nc1ccc(F)cc1-c1ccc2c(c1)OCC(Cc1ccc(Br)cn1)[C@H]2O)C(F)(F)F. The molecule has 2 N–H and O–H groups in total. The van der Waals surface area contributed by atoms with Crippen molar-refractivity contribution in [3.63, 3.8) is 0 Å². The summed E-state index contributed by atoms with van der Waals surface area (Å²) in [6, 6.07) is 10.7. The van der Waals surface area contributed by atoms with Crippen molar-refractivity contribution in [2.24, 2.45) is 5.92 Å². The molecule has 1 aliphatic heterocycles. The van der Waals surface area contributed by atoms with E-state index in [-0.39, 0.29) is 29.4 Å². The van der Waals surface area contributed by atoms with Crippen molar-refractivity contribution in [1.82, 2.24) is 4.98 Å². The van der Waals surface area contributed by atoms with Gasteiger partial charge in [-0.15, -0.1) is 0 Å². The van der Waals surface area contributed by atoms with Crippen LogP contribution in [0.1, 0.15) is 17.4 Å². The minimum atomic E-state index is -5.71. The molecular weight excluding hydrogens is 544 g/mol. The first-order valence-corrected chi connectivity index (χ1v) is 12.2. The number of benzene rings is 2. The number of hydrogen-bond acceptors (Lipinski definition) is 5. The molecule has 0 aliphatic carbocycles. The topological polar surface area (TPSA) is 88.5 Å². The Morgan fingerprint density at radius 3 is 2.59 bits per heavy atom. The quantitative estimate of drug-likeness (QED) is 0.419. The molecule has 0 bridgehead atoms. The van der Waals surface area contributed by atoms with Gasteiger partial charge in [0.25, 0.3) is 0 Å². The number of nitrogens with one attached hydrogen (secondary N) is 1. The average molecular weight is 561 g/mol. The second kappa shape index (κ2) is 9.16. The first-order chi connectivity index (χ1) is 15.9. The normalized spacial score (nSPS) is 18.2. The highest BCUT2D eigenvalue weighted by Gasteiger charge is 2.46. The molecule has 180 valence electrons. The molecule has 6 nitrogen and oxygen atoms in total. The van der Waals surface area contributed by atoms with Crippen LogP contribution in [0.25, 0.3) is 11.1 Å². The minimum Gasteiger partial charge on any atom is -0.493 e. The maximum absolute atomic E-state index is 13.9. The highest BCUT2D eigenvalue weighted by molar-refractivity contribution is 9.10. The summed E-state index contributed by atoms with van der Waals surface area (Å²) in [5.74, 6) is -0.806. The number of nitrogens with zero attached hydrogens (tertiary/aromatic N) is 1. The smallest absolute Gasteiger partial charge is 0.493 e. The Hall–Kier alpha value is -2.70. The van der Waals surface area contributed by atoms with Crippen molar-refractivity contribution in [3.05, 3.63) is 76.3 Å². The van der Waals surface area contributed by atoms with Crippen molar-refractivity contribution < 1.29 is 35.8 Å². The molecule has 0 fully saturated rings. The van der Waals surface area contributed by atoms with Crippen LogP contribution >= 0.6 is 15.9 Å². The fourth-order valence-corrected chi connectivity index (χ4v) is 4.44. The zero-order chi connectivity index (χ0) is 24.7. The van der Waals surface area contributed by atoms with Crippen LogP contribution in [0.15, 0.2) is 59.2 Å². The van der Waals surface area contributed by atoms with Gasteiger partial charge in [0.1, 0.15) is 11.6 Å². The van der Waals surface area contributed by atoms with Gasteiger partial charge in [-0.1, -0.05) is 12.1 Å². The predicted octanol–water partition coefficient (Wildman–Crippen LogP) is 5.20. The molecule has 2 aromatic carbocycles. The van der Waals surface area contributed by atoms with Crippen molar-refractivity contribution in [2.45, 2.75) is 18.0 Å². The maximum atomic E-state index is 13.9. The number of aliphatic hydroxyl groups excluding tert-OH is 1. The second-order valence-electron chi connectivity index (χ2n) is 7.68. The molecule has 1 aliphatic rings. The molecule has 0 amide bonds. The second-order valence-corrected chi connectivity index (χ2v) is 10.3. The van der Waals surface area contributed by atoms with Gasteiger partial charge in [0, 0.05) is 33.4 Å². The third-order valence-corrected chi connectivity index (χ3v) is 6.90. The monoisotopic (exact) mass is 560 g/mol. The highest BCUT2D eigenvalue weighted by Crippen LogP contribution is 2.41. The number of ether oxygens (including phenoxy) is 1. The summed E-state index contributed by atoms with van der Waals surface area (Å²) in [6.45, 7) is 0.145. The molecule has 0 spiro atoms. The van der Waals surface area contributed by atoms with E-state index in [0.717, 1.165) is 28.4 Å². The number of rotatable bonds is 5. The predicted molar refractivity (Wildman–Crippen MR) is 120 cm³/mol. The van der Waals surface area contributed by atoms with E-state index in [9.17, 15) is 31.1 Å². The Morgan fingerprint density at radius 2 is 1.91 bits per heavy atom. The lowest BCUT2D eigenvalue weighted by molar-refractivity contribution is -0.0429.